The molecule has 0 aliphatic rings. The van der Waals surface area contributed by atoms with Crippen LogP contribution in [0.4, 0.5) is 0 Å². The van der Waals surface area contributed by atoms with Crippen LogP contribution in [0.3, 0.4) is 0 Å². The van der Waals surface area contributed by atoms with Crippen LogP contribution >= 0.6 is 0 Å². The van der Waals surface area contributed by atoms with E-state index < -0.39 is 8.32 Å². The van der Waals surface area contributed by atoms with Gasteiger partial charge in [-0.25, -0.2) is 0 Å². The summed E-state index contributed by atoms with van der Waals surface area (Å²) >= 11 is 0. The first kappa shape index (κ1) is 24.5. The second-order valence-electron chi connectivity index (χ2n) is 9.58. The smallest absolute Gasteiger partial charge is 0.261 e. The number of carbonyl (C=O) groups excluding carboxylic acids is 1. The first-order chi connectivity index (χ1) is 14.1. The molecule has 0 amide bonds. The van der Waals surface area contributed by atoms with Crippen LogP contribution in [0.5, 0.6) is 0 Å². The van der Waals surface area contributed by atoms with E-state index in [-0.39, 0.29) is 22.8 Å². The molecule has 0 saturated heterocycles. The van der Waals surface area contributed by atoms with E-state index >= 15 is 0 Å². The van der Waals surface area contributed by atoms with Gasteiger partial charge in [0.25, 0.3) is 8.32 Å². The van der Waals surface area contributed by atoms with E-state index in [0.717, 1.165) is 13.1 Å². The zero-order chi connectivity index (χ0) is 22.4. The van der Waals surface area contributed by atoms with Crippen LogP contribution in [0.15, 0.2) is 60.7 Å². The van der Waals surface area contributed by atoms with Crippen LogP contribution in [0.25, 0.3) is 0 Å². The molecule has 2 aromatic carbocycles. The summed E-state index contributed by atoms with van der Waals surface area (Å²) in [5.41, 5.74) is 0. The van der Waals surface area contributed by atoms with Crippen LogP contribution in [0.1, 0.15) is 48.0 Å². The van der Waals surface area contributed by atoms with E-state index in [1.54, 1.807) is 0 Å². The van der Waals surface area contributed by atoms with E-state index in [2.05, 4.69) is 100 Å². The number of ketones is 1. The lowest BCUT2D eigenvalue weighted by Crippen LogP contribution is -2.68. The van der Waals surface area contributed by atoms with Gasteiger partial charge >= 0.3 is 0 Å². The zero-order valence-electron chi connectivity index (χ0n) is 19.8. The van der Waals surface area contributed by atoms with Crippen molar-refractivity contribution in [3.05, 3.63) is 60.7 Å². The molecule has 30 heavy (non-hydrogen) atoms. The average Bonchev–Trinajstić information content (AvgIpc) is 2.71. The average molecular weight is 426 g/mol. The Morgan fingerprint density at radius 1 is 0.967 bits per heavy atom. The minimum atomic E-state index is -2.67. The number of benzene rings is 2. The maximum atomic E-state index is 12.7. The van der Waals surface area contributed by atoms with E-state index in [0.29, 0.717) is 6.42 Å². The molecule has 2 rings (SSSR count). The van der Waals surface area contributed by atoms with Crippen molar-refractivity contribution >= 4 is 24.5 Å². The molecule has 0 spiro atoms. The maximum Gasteiger partial charge on any atom is 0.261 e. The van der Waals surface area contributed by atoms with Crippen molar-refractivity contribution in [2.75, 3.05) is 20.1 Å². The van der Waals surface area contributed by atoms with Gasteiger partial charge in [-0.2, -0.15) is 0 Å². The fraction of sp³-hybridized carbons (Fsp3) is 0.500. The molecule has 0 radical (unpaired) electrons. The molecule has 0 aliphatic heterocycles. The lowest BCUT2D eigenvalue weighted by Gasteiger charge is -2.45. The second kappa shape index (κ2) is 10.5. The molecule has 0 aromatic heterocycles. The Morgan fingerprint density at radius 3 is 1.80 bits per heavy atom. The molecule has 0 N–H and O–H groups in total. The number of likely N-dealkylation sites (N-methyl/N-ethyl adjacent to an activating group) is 1. The summed E-state index contributed by atoms with van der Waals surface area (Å²) < 4.78 is 7.24. The monoisotopic (exact) mass is 425 g/mol. The molecule has 1 atom stereocenters. The summed E-state index contributed by atoms with van der Waals surface area (Å²) in [5, 5.41) is 2.41. The standard InChI is InChI=1S/C26H39NO2Si/c1-8-27(7)20-22(19-25(28)21(2)3)29-30(26(4,5)6,23-15-11-9-12-16-23)24-17-13-10-14-18-24/h9-18,21-22H,8,19-20H2,1-7H3/t22-/m0/s1. The third kappa shape index (κ3) is 5.69. The Hall–Kier alpha value is -1.75. The molecule has 3 nitrogen and oxygen atoms in total. The van der Waals surface area contributed by atoms with Crippen molar-refractivity contribution in [3.8, 4) is 0 Å². The fourth-order valence-electron chi connectivity index (χ4n) is 4.02. The molecule has 0 heterocycles. The molecule has 4 heteroatoms. The molecule has 2 aromatic rings. The van der Waals surface area contributed by atoms with Crippen molar-refractivity contribution in [3.63, 3.8) is 0 Å². The normalized spacial score (nSPS) is 13.6. The molecule has 164 valence electrons. The Bertz CT molecular complexity index is 744. The minimum absolute atomic E-state index is 0.0159. The molecule has 0 fully saturated rings. The SMILES string of the molecule is CCN(C)C[C@H](CC(=O)C(C)C)O[Si](c1ccccc1)(c1ccccc1)C(C)(C)C. The van der Waals surface area contributed by atoms with Gasteiger partial charge < -0.3 is 9.33 Å². The Morgan fingerprint density at radius 2 is 1.43 bits per heavy atom. The number of Topliss-reactive ketones (excluding diaryl/α,β-unsaturated/α-hetero) is 1. The molecule has 0 unspecified atom stereocenters. The number of rotatable bonds is 10. The van der Waals surface area contributed by atoms with Crippen LogP contribution in [0.2, 0.25) is 5.04 Å². The van der Waals surface area contributed by atoms with Crippen LogP contribution in [-0.2, 0) is 9.22 Å². The molecule has 0 saturated carbocycles. The van der Waals surface area contributed by atoms with Gasteiger partial charge in [0.05, 0.1) is 6.10 Å². The van der Waals surface area contributed by atoms with Crippen molar-refractivity contribution in [1.29, 1.82) is 0 Å². The van der Waals surface area contributed by atoms with Gasteiger partial charge in [-0.05, 0) is 29.0 Å². The first-order valence-corrected chi connectivity index (χ1v) is 13.0. The number of hydrogen-bond acceptors (Lipinski definition) is 3. The van der Waals surface area contributed by atoms with Crippen molar-refractivity contribution in [2.24, 2.45) is 5.92 Å². The predicted octanol–water partition coefficient (Wildman–Crippen LogP) is 4.50. The van der Waals surface area contributed by atoms with Crippen LogP contribution in [-0.4, -0.2) is 45.2 Å². The van der Waals surface area contributed by atoms with Gasteiger partial charge in [0, 0.05) is 18.9 Å². The quantitative estimate of drug-likeness (QED) is 0.525. The van der Waals surface area contributed by atoms with Gasteiger partial charge in [-0.3, -0.25) is 4.79 Å². The van der Waals surface area contributed by atoms with E-state index in [1.807, 2.05) is 13.8 Å². The van der Waals surface area contributed by atoms with Crippen molar-refractivity contribution in [1.82, 2.24) is 4.90 Å². The molecule has 0 aliphatic carbocycles. The summed E-state index contributed by atoms with van der Waals surface area (Å²) in [6, 6.07) is 21.3. The topological polar surface area (TPSA) is 29.5 Å². The highest BCUT2D eigenvalue weighted by Gasteiger charge is 2.51. The van der Waals surface area contributed by atoms with Crippen LogP contribution < -0.4 is 10.4 Å². The summed E-state index contributed by atoms with van der Waals surface area (Å²) in [5.74, 6) is 0.282. The van der Waals surface area contributed by atoms with Crippen molar-refractivity contribution < 1.29 is 9.22 Å². The van der Waals surface area contributed by atoms with Crippen molar-refractivity contribution in [2.45, 2.75) is 59.1 Å². The van der Waals surface area contributed by atoms with Crippen LogP contribution in [0, 0.1) is 5.92 Å². The van der Waals surface area contributed by atoms with E-state index in [9.17, 15) is 4.79 Å². The summed E-state index contributed by atoms with van der Waals surface area (Å²) in [4.78, 5) is 15.0. The summed E-state index contributed by atoms with van der Waals surface area (Å²) in [6.07, 6.45) is 0.308. The van der Waals surface area contributed by atoms with E-state index in [4.69, 9.17) is 4.43 Å². The zero-order valence-corrected chi connectivity index (χ0v) is 20.8. The van der Waals surface area contributed by atoms with E-state index in [1.165, 1.54) is 10.4 Å². The Kier molecular flexibility index (Phi) is 8.59. The number of nitrogens with zero attached hydrogens (tertiary/aromatic N) is 1. The highest BCUT2D eigenvalue weighted by Crippen LogP contribution is 2.38. The highest BCUT2D eigenvalue weighted by molar-refractivity contribution is 6.99. The summed E-state index contributed by atoms with van der Waals surface area (Å²) in [7, 11) is -0.574. The Labute approximate surface area is 184 Å². The number of carbonyl (C=O) groups is 1. The lowest BCUT2D eigenvalue weighted by atomic mass is 10.0. The van der Waals surface area contributed by atoms with Gasteiger partial charge in [0.1, 0.15) is 5.78 Å². The lowest BCUT2D eigenvalue weighted by molar-refractivity contribution is -0.123. The van der Waals surface area contributed by atoms with Gasteiger partial charge in [0.2, 0.25) is 0 Å². The van der Waals surface area contributed by atoms with Gasteiger partial charge in [0.15, 0.2) is 0 Å². The Balaban J connectivity index is 2.62. The first-order valence-electron chi connectivity index (χ1n) is 11.1. The highest BCUT2D eigenvalue weighted by atomic mass is 28.4. The number of hydrogen-bond donors (Lipinski definition) is 0. The maximum absolute atomic E-state index is 12.7. The third-order valence-corrected chi connectivity index (χ3v) is 11.0. The molecular weight excluding hydrogens is 386 g/mol. The fourth-order valence-corrected chi connectivity index (χ4v) is 8.69. The third-order valence-electron chi connectivity index (χ3n) is 5.89. The second-order valence-corrected chi connectivity index (χ2v) is 13.8. The van der Waals surface area contributed by atoms with Gasteiger partial charge in [-0.15, -0.1) is 0 Å². The largest absolute Gasteiger partial charge is 0.403 e. The minimum Gasteiger partial charge on any atom is -0.403 e. The molecule has 0 bridgehead atoms. The predicted molar refractivity (Wildman–Crippen MR) is 130 cm³/mol. The molecular formula is C26H39NO2Si. The summed E-state index contributed by atoms with van der Waals surface area (Å²) in [6.45, 7) is 14.6. The van der Waals surface area contributed by atoms with Gasteiger partial charge in [-0.1, -0.05) is 102 Å².